The molecular formula is C20H20ClN3O5. The van der Waals surface area contributed by atoms with Crippen molar-refractivity contribution in [2.45, 2.75) is 19.8 Å². The number of ether oxygens (including phenoxy) is 2. The van der Waals surface area contributed by atoms with Gasteiger partial charge in [-0.2, -0.15) is 0 Å². The lowest BCUT2D eigenvalue weighted by atomic mass is 10.1. The smallest absolute Gasteiger partial charge is 0.255 e. The Morgan fingerprint density at radius 3 is 2.69 bits per heavy atom. The van der Waals surface area contributed by atoms with E-state index in [9.17, 15) is 9.59 Å². The van der Waals surface area contributed by atoms with Gasteiger partial charge in [0.2, 0.25) is 0 Å². The van der Waals surface area contributed by atoms with Crippen LogP contribution < -0.4 is 20.5 Å². The van der Waals surface area contributed by atoms with Crippen molar-refractivity contribution in [3.05, 3.63) is 46.8 Å². The second kappa shape index (κ2) is 8.40. The zero-order chi connectivity index (χ0) is 21.1. The molecule has 0 saturated heterocycles. The van der Waals surface area contributed by atoms with Gasteiger partial charge in [-0.25, -0.2) is 4.98 Å². The number of benzene rings is 2. The number of carbonyl (C=O) groups is 2. The fraction of sp³-hybridized carbons (Fsp3) is 0.250. The Hall–Kier alpha value is -3.26. The number of halogens is 1. The van der Waals surface area contributed by atoms with Crippen molar-refractivity contribution in [3.8, 4) is 11.5 Å². The van der Waals surface area contributed by atoms with E-state index in [0.717, 1.165) is 0 Å². The van der Waals surface area contributed by atoms with Crippen LogP contribution in [0.5, 0.6) is 11.5 Å². The summed E-state index contributed by atoms with van der Waals surface area (Å²) in [4.78, 5) is 28.0. The molecule has 1 heterocycles. The maximum atomic E-state index is 12.7. The normalized spacial score (nSPS) is 10.9. The summed E-state index contributed by atoms with van der Waals surface area (Å²) in [7, 11) is 1.40. The molecule has 0 aliphatic rings. The molecule has 0 fully saturated rings. The number of hydrogen-bond donors (Lipinski definition) is 2. The highest BCUT2D eigenvalue weighted by Gasteiger charge is 2.17. The maximum Gasteiger partial charge on any atom is 0.255 e. The maximum absolute atomic E-state index is 12.7. The summed E-state index contributed by atoms with van der Waals surface area (Å²) in [5.41, 5.74) is 7.18. The third kappa shape index (κ3) is 4.60. The number of nitrogens with one attached hydrogen (secondary N) is 1. The molecule has 0 saturated carbocycles. The number of nitrogens with two attached hydrogens (primary N) is 1. The van der Waals surface area contributed by atoms with Gasteiger partial charge in [0.1, 0.15) is 5.52 Å². The molecule has 2 amide bonds. The summed E-state index contributed by atoms with van der Waals surface area (Å²) in [5, 5.41) is 2.90. The number of primary amides is 1. The molecule has 3 rings (SSSR count). The van der Waals surface area contributed by atoms with Gasteiger partial charge < -0.3 is 24.9 Å². The summed E-state index contributed by atoms with van der Waals surface area (Å²) in [6.07, 6.45) is 0. The molecular weight excluding hydrogens is 398 g/mol. The van der Waals surface area contributed by atoms with Gasteiger partial charge in [-0.1, -0.05) is 25.4 Å². The molecule has 0 atom stereocenters. The average molecular weight is 418 g/mol. The quantitative estimate of drug-likeness (QED) is 0.605. The summed E-state index contributed by atoms with van der Waals surface area (Å²) in [6, 6.07) is 8.08. The summed E-state index contributed by atoms with van der Waals surface area (Å²) in [6.45, 7) is 3.61. The molecule has 2 aromatic carbocycles. The molecule has 0 bridgehead atoms. The molecule has 0 aliphatic heterocycles. The van der Waals surface area contributed by atoms with Crippen LogP contribution in [-0.2, 0) is 4.79 Å². The van der Waals surface area contributed by atoms with Gasteiger partial charge in [-0.3, -0.25) is 9.59 Å². The van der Waals surface area contributed by atoms with E-state index < -0.39 is 11.8 Å². The van der Waals surface area contributed by atoms with Crippen molar-refractivity contribution in [2.24, 2.45) is 5.73 Å². The first kappa shape index (κ1) is 20.5. The lowest BCUT2D eigenvalue weighted by Gasteiger charge is -2.13. The molecule has 8 nitrogen and oxygen atoms in total. The van der Waals surface area contributed by atoms with Gasteiger partial charge in [-0.05, 0) is 30.3 Å². The predicted octanol–water partition coefficient (Wildman–Crippen LogP) is 3.73. The van der Waals surface area contributed by atoms with Crippen LogP contribution in [0, 0.1) is 0 Å². The monoisotopic (exact) mass is 417 g/mol. The summed E-state index contributed by atoms with van der Waals surface area (Å²) >= 11 is 6.19. The number of hydrogen-bond acceptors (Lipinski definition) is 6. The standard InChI is InChI=1S/C20H20ClN3O5/c1-10(2)20-24-14-8-12(4-5-15(14)29-20)23-19(26)11-6-13(21)18(16(7-11)27-3)28-9-17(22)25/h4-8,10H,9H2,1-3H3,(H2,22,25)(H,23,26). The van der Waals surface area contributed by atoms with Gasteiger partial charge >= 0.3 is 0 Å². The highest BCUT2D eigenvalue weighted by atomic mass is 35.5. The number of aromatic nitrogens is 1. The molecule has 0 unspecified atom stereocenters. The van der Waals surface area contributed by atoms with E-state index in [1.807, 2.05) is 13.8 Å². The SMILES string of the molecule is COc1cc(C(=O)Nc2ccc3oc(C(C)C)nc3c2)cc(Cl)c1OCC(N)=O. The van der Waals surface area contributed by atoms with Crippen LogP contribution in [0.25, 0.3) is 11.1 Å². The molecule has 3 N–H and O–H groups in total. The van der Waals surface area contributed by atoms with Crippen LogP contribution in [0.4, 0.5) is 5.69 Å². The number of methoxy groups -OCH3 is 1. The van der Waals surface area contributed by atoms with Gasteiger partial charge in [-0.15, -0.1) is 0 Å². The molecule has 0 aliphatic carbocycles. The van der Waals surface area contributed by atoms with Crippen molar-refractivity contribution < 1.29 is 23.5 Å². The highest BCUT2D eigenvalue weighted by Crippen LogP contribution is 2.36. The number of carbonyl (C=O) groups excluding carboxylic acids is 2. The first-order valence-electron chi connectivity index (χ1n) is 8.79. The number of oxazole rings is 1. The third-order valence-electron chi connectivity index (χ3n) is 4.01. The zero-order valence-electron chi connectivity index (χ0n) is 16.1. The van der Waals surface area contributed by atoms with Crippen LogP contribution in [-0.4, -0.2) is 30.5 Å². The first-order chi connectivity index (χ1) is 13.8. The first-order valence-corrected chi connectivity index (χ1v) is 9.16. The average Bonchev–Trinajstić information content (AvgIpc) is 3.10. The minimum atomic E-state index is -0.659. The Morgan fingerprint density at radius 1 is 1.28 bits per heavy atom. The Bertz CT molecular complexity index is 1080. The predicted molar refractivity (Wildman–Crippen MR) is 109 cm³/mol. The van der Waals surface area contributed by atoms with E-state index in [1.165, 1.54) is 19.2 Å². The van der Waals surface area contributed by atoms with E-state index in [2.05, 4.69) is 10.3 Å². The van der Waals surface area contributed by atoms with Gasteiger partial charge in [0.15, 0.2) is 29.6 Å². The number of fused-ring (bicyclic) bond motifs is 1. The fourth-order valence-corrected chi connectivity index (χ4v) is 2.87. The Morgan fingerprint density at radius 2 is 2.03 bits per heavy atom. The van der Waals surface area contributed by atoms with Crippen molar-refractivity contribution in [1.82, 2.24) is 4.98 Å². The third-order valence-corrected chi connectivity index (χ3v) is 4.29. The summed E-state index contributed by atoms with van der Waals surface area (Å²) < 4.78 is 16.1. The van der Waals surface area contributed by atoms with Crippen molar-refractivity contribution >= 4 is 40.2 Å². The lowest BCUT2D eigenvalue weighted by Crippen LogP contribution is -2.20. The van der Waals surface area contributed by atoms with Crippen LogP contribution in [0.2, 0.25) is 5.02 Å². The van der Waals surface area contributed by atoms with Gasteiger partial charge in [0.25, 0.3) is 11.8 Å². The van der Waals surface area contributed by atoms with E-state index in [4.69, 9.17) is 31.2 Å². The Labute approximate surface area is 171 Å². The molecule has 3 aromatic rings. The van der Waals surface area contributed by atoms with Crippen LogP contribution >= 0.6 is 11.6 Å². The fourth-order valence-electron chi connectivity index (χ4n) is 2.61. The van der Waals surface area contributed by atoms with E-state index in [1.54, 1.807) is 18.2 Å². The lowest BCUT2D eigenvalue weighted by molar-refractivity contribution is -0.119. The number of amides is 2. The van der Waals surface area contributed by atoms with Crippen LogP contribution in [0.15, 0.2) is 34.7 Å². The molecule has 152 valence electrons. The largest absolute Gasteiger partial charge is 0.493 e. The van der Waals surface area contributed by atoms with E-state index in [-0.39, 0.29) is 34.6 Å². The minimum Gasteiger partial charge on any atom is -0.493 e. The van der Waals surface area contributed by atoms with Gasteiger partial charge in [0.05, 0.1) is 12.1 Å². The topological polar surface area (TPSA) is 117 Å². The highest BCUT2D eigenvalue weighted by molar-refractivity contribution is 6.32. The molecule has 0 spiro atoms. The van der Waals surface area contributed by atoms with Crippen LogP contribution in [0.1, 0.15) is 36.0 Å². The van der Waals surface area contributed by atoms with E-state index >= 15 is 0 Å². The second-order valence-corrected chi connectivity index (χ2v) is 7.00. The number of anilines is 1. The summed E-state index contributed by atoms with van der Waals surface area (Å²) in [5.74, 6) is 0.0662. The van der Waals surface area contributed by atoms with Crippen molar-refractivity contribution in [1.29, 1.82) is 0 Å². The van der Waals surface area contributed by atoms with Gasteiger partial charge in [0, 0.05) is 17.2 Å². The number of nitrogens with zero attached hydrogens (tertiary/aromatic N) is 1. The van der Waals surface area contributed by atoms with Crippen molar-refractivity contribution in [2.75, 3.05) is 19.0 Å². The molecule has 1 aromatic heterocycles. The molecule has 0 radical (unpaired) electrons. The molecule has 29 heavy (non-hydrogen) atoms. The zero-order valence-corrected chi connectivity index (χ0v) is 16.9. The Balaban J connectivity index is 1.83. The van der Waals surface area contributed by atoms with Crippen LogP contribution in [0.3, 0.4) is 0 Å². The van der Waals surface area contributed by atoms with E-state index in [0.29, 0.717) is 22.7 Å². The van der Waals surface area contributed by atoms with Crippen molar-refractivity contribution in [3.63, 3.8) is 0 Å². The molecule has 9 heteroatoms. The minimum absolute atomic E-state index is 0.115. The second-order valence-electron chi connectivity index (χ2n) is 6.59. The number of rotatable bonds is 7. The Kier molecular flexibility index (Phi) is 5.93.